The Balaban J connectivity index is 2.82. The summed E-state index contributed by atoms with van der Waals surface area (Å²) in [6, 6.07) is 3.20. The Labute approximate surface area is 112 Å². The van der Waals surface area contributed by atoms with Gasteiger partial charge in [-0.3, -0.25) is 5.84 Å². The number of rotatable bonds is 5. The van der Waals surface area contributed by atoms with Crippen molar-refractivity contribution in [1.82, 2.24) is 10.4 Å². The molecule has 0 atom stereocenters. The van der Waals surface area contributed by atoms with Gasteiger partial charge < -0.3 is 11.2 Å². The van der Waals surface area contributed by atoms with Gasteiger partial charge >= 0.3 is 0 Å². The van der Waals surface area contributed by atoms with Crippen molar-refractivity contribution in [2.24, 2.45) is 5.84 Å². The number of aromatic nitrogens is 1. The largest absolute Gasteiger partial charge is 0.384 e. The molecule has 102 valence electrons. The molecule has 1 rings (SSSR count). The number of allylic oxidation sites excluding steroid dienone is 4. The number of nitrogens with one attached hydrogen (secondary N) is 1. The van der Waals surface area contributed by atoms with Crippen LogP contribution in [0.1, 0.15) is 19.4 Å². The Kier molecular flexibility index (Phi) is 5.26. The number of nitrogens with zero attached hydrogens (tertiary/aromatic N) is 1. The molecule has 4 nitrogen and oxygen atoms in total. The average Bonchev–Trinajstić information content (AvgIpc) is 2.32. The number of pyridine rings is 1. The molecular weight excluding hydrogens is 243 g/mol. The first-order valence-corrected chi connectivity index (χ1v) is 5.84. The highest BCUT2D eigenvalue weighted by Gasteiger charge is 2.07. The predicted molar refractivity (Wildman–Crippen MR) is 76.3 cm³/mol. The fraction of sp³-hybridized carbons (Fsp3) is 0.214. The summed E-state index contributed by atoms with van der Waals surface area (Å²) in [5.74, 6) is 4.81. The molecule has 1 heterocycles. The van der Waals surface area contributed by atoms with Gasteiger partial charge in [0.15, 0.2) is 0 Å². The summed E-state index contributed by atoms with van der Waals surface area (Å²) in [6.45, 7) is 7.77. The van der Waals surface area contributed by atoms with Crippen molar-refractivity contribution in [2.45, 2.75) is 20.3 Å². The number of hydrazine groups is 1. The standard InChI is InChI=1S/C14H19FN4/c1-9(8-18-17)6-10(2)11(3)7-12-4-5-13(16)19-14(12)15/h4-6,8,18H,3,7,17H2,1-2H3,(H2,16,19)/b9-8-,10-6+. The zero-order chi connectivity index (χ0) is 14.4. The number of nitrogen functional groups attached to an aromatic ring is 1. The Morgan fingerprint density at radius 3 is 2.74 bits per heavy atom. The number of hydrogen-bond donors (Lipinski definition) is 3. The molecule has 0 fully saturated rings. The monoisotopic (exact) mass is 262 g/mol. The zero-order valence-corrected chi connectivity index (χ0v) is 11.2. The average molecular weight is 262 g/mol. The van der Waals surface area contributed by atoms with Crippen LogP contribution in [0.4, 0.5) is 10.2 Å². The Hall–Kier alpha value is -2.14. The maximum atomic E-state index is 13.6. The molecule has 0 saturated carbocycles. The summed E-state index contributed by atoms with van der Waals surface area (Å²) in [5.41, 5.74) is 11.1. The molecule has 0 aromatic carbocycles. The van der Waals surface area contributed by atoms with E-state index in [9.17, 15) is 4.39 Å². The molecule has 0 radical (unpaired) electrons. The van der Waals surface area contributed by atoms with Gasteiger partial charge in [-0.25, -0.2) is 4.98 Å². The summed E-state index contributed by atoms with van der Waals surface area (Å²) in [4.78, 5) is 3.59. The second-order valence-electron chi connectivity index (χ2n) is 4.35. The van der Waals surface area contributed by atoms with Gasteiger partial charge in [-0.15, -0.1) is 0 Å². The van der Waals surface area contributed by atoms with Crippen molar-refractivity contribution >= 4 is 5.82 Å². The van der Waals surface area contributed by atoms with Crippen LogP contribution < -0.4 is 17.0 Å². The third-order valence-corrected chi connectivity index (χ3v) is 2.66. The maximum Gasteiger partial charge on any atom is 0.218 e. The first-order chi connectivity index (χ1) is 8.93. The molecule has 1 aromatic rings. The van der Waals surface area contributed by atoms with Gasteiger partial charge in [-0.1, -0.05) is 18.7 Å². The van der Waals surface area contributed by atoms with E-state index in [0.717, 1.165) is 16.7 Å². The smallest absolute Gasteiger partial charge is 0.218 e. The first kappa shape index (κ1) is 14.9. The van der Waals surface area contributed by atoms with Gasteiger partial charge in [0, 0.05) is 18.2 Å². The summed E-state index contributed by atoms with van der Waals surface area (Å²) in [7, 11) is 0. The van der Waals surface area contributed by atoms with E-state index >= 15 is 0 Å². The Morgan fingerprint density at radius 1 is 1.47 bits per heavy atom. The second kappa shape index (κ2) is 6.70. The lowest BCUT2D eigenvalue weighted by atomic mass is 10.00. The van der Waals surface area contributed by atoms with Crippen LogP contribution in [0.3, 0.4) is 0 Å². The minimum atomic E-state index is -0.551. The van der Waals surface area contributed by atoms with Crippen LogP contribution in [0, 0.1) is 5.95 Å². The van der Waals surface area contributed by atoms with E-state index in [0.29, 0.717) is 12.0 Å². The van der Waals surface area contributed by atoms with E-state index in [1.165, 1.54) is 0 Å². The Morgan fingerprint density at radius 2 is 2.16 bits per heavy atom. The molecule has 1 aromatic heterocycles. The summed E-state index contributed by atoms with van der Waals surface area (Å²) >= 11 is 0. The van der Waals surface area contributed by atoms with E-state index in [1.807, 2.05) is 19.9 Å². The normalized spacial score (nSPS) is 12.4. The molecule has 0 bridgehead atoms. The summed E-state index contributed by atoms with van der Waals surface area (Å²) < 4.78 is 13.6. The van der Waals surface area contributed by atoms with Gasteiger partial charge in [-0.05, 0) is 36.6 Å². The van der Waals surface area contributed by atoms with Crippen molar-refractivity contribution in [3.8, 4) is 0 Å². The summed E-state index contributed by atoms with van der Waals surface area (Å²) in [6.07, 6.45) is 3.98. The molecule has 0 aliphatic heterocycles. The van der Waals surface area contributed by atoms with Crippen molar-refractivity contribution in [3.05, 3.63) is 59.2 Å². The number of hydrogen-bond acceptors (Lipinski definition) is 4. The van der Waals surface area contributed by atoms with E-state index in [1.54, 1.807) is 18.3 Å². The molecule has 0 aliphatic carbocycles. The third kappa shape index (κ3) is 4.56. The van der Waals surface area contributed by atoms with Gasteiger partial charge in [0.2, 0.25) is 5.95 Å². The first-order valence-electron chi connectivity index (χ1n) is 5.84. The van der Waals surface area contributed by atoms with Crippen LogP contribution >= 0.6 is 0 Å². The topological polar surface area (TPSA) is 77.0 Å². The second-order valence-corrected chi connectivity index (χ2v) is 4.35. The fourth-order valence-corrected chi connectivity index (χ4v) is 1.60. The molecule has 0 saturated heterocycles. The number of anilines is 1. The van der Waals surface area contributed by atoms with Gasteiger partial charge in [0.25, 0.3) is 0 Å². The van der Waals surface area contributed by atoms with Crippen LogP contribution in [0.5, 0.6) is 0 Å². The summed E-state index contributed by atoms with van der Waals surface area (Å²) in [5, 5.41) is 0. The van der Waals surface area contributed by atoms with Crippen molar-refractivity contribution in [1.29, 1.82) is 0 Å². The Bertz CT molecular complexity index is 532. The van der Waals surface area contributed by atoms with Crippen LogP contribution in [0.2, 0.25) is 0 Å². The molecule has 5 N–H and O–H groups in total. The van der Waals surface area contributed by atoms with E-state index in [-0.39, 0.29) is 5.82 Å². The minimum Gasteiger partial charge on any atom is -0.384 e. The van der Waals surface area contributed by atoms with E-state index < -0.39 is 5.95 Å². The highest BCUT2D eigenvalue weighted by atomic mass is 19.1. The molecule has 0 amide bonds. The van der Waals surface area contributed by atoms with Crippen LogP contribution in [-0.2, 0) is 6.42 Å². The number of nitrogens with two attached hydrogens (primary N) is 2. The van der Waals surface area contributed by atoms with Crippen molar-refractivity contribution in [3.63, 3.8) is 0 Å². The molecule has 0 spiro atoms. The lowest BCUT2D eigenvalue weighted by Crippen LogP contribution is -2.13. The molecule has 5 heteroatoms. The highest BCUT2D eigenvalue weighted by Crippen LogP contribution is 2.18. The van der Waals surface area contributed by atoms with Gasteiger partial charge in [0.1, 0.15) is 5.82 Å². The zero-order valence-electron chi connectivity index (χ0n) is 11.2. The van der Waals surface area contributed by atoms with Crippen molar-refractivity contribution in [2.75, 3.05) is 5.73 Å². The quantitative estimate of drug-likeness (QED) is 0.329. The highest BCUT2D eigenvalue weighted by molar-refractivity contribution is 5.38. The number of halogens is 1. The van der Waals surface area contributed by atoms with E-state index in [2.05, 4.69) is 17.0 Å². The molecule has 0 unspecified atom stereocenters. The predicted octanol–water partition coefficient (Wildman–Crippen LogP) is 2.21. The minimum absolute atomic E-state index is 0.173. The van der Waals surface area contributed by atoms with Crippen LogP contribution in [0.25, 0.3) is 0 Å². The van der Waals surface area contributed by atoms with Gasteiger partial charge in [0.05, 0.1) is 0 Å². The maximum absolute atomic E-state index is 13.6. The molecule has 19 heavy (non-hydrogen) atoms. The van der Waals surface area contributed by atoms with Crippen molar-refractivity contribution < 1.29 is 4.39 Å². The fourth-order valence-electron chi connectivity index (χ4n) is 1.60. The third-order valence-electron chi connectivity index (χ3n) is 2.66. The van der Waals surface area contributed by atoms with Gasteiger partial charge in [-0.2, -0.15) is 4.39 Å². The van der Waals surface area contributed by atoms with E-state index in [4.69, 9.17) is 11.6 Å². The van der Waals surface area contributed by atoms with Crippen LogP contribution in [-0.4, -0.2) is 4.98 Å². The SMILES string of the molecule is C=C(Cc1ccc(N)nc1F)/C(C)=C/C(C)=C\NN. The lowest BCUT2D eigenvalue weighted by Gasteiger charge is -2.08. The molecular formula is C14H19FN4. The van der Waals surface area contributed by atoms with Crippen LogP contribution in [0.15, 0.2) is 47.7 Å². The lowest BCUT2D eigenvalue weighted by molar-refractivity contribution is 0.572. The molecule has 0 aliphatic rings.